The quantitative estimate of drug-likeness (QED) is 0.893. The smallest absolute Gasteiger partial charge is 0.228 e. The SMILES string of the molecule is CCC1CCCC(c2noc(CC(NC)C(C)(C)C)n2)C1. The van der Waals surface area contributed by atoms with Gasteiger partial charge in [0.15, 0.2) is 5.82 Å². The molecule has 4 heteroatoms. The maximum absolute atomic E-state index is 5.51. The molecule has 1 aliphatic carbocycles. The van der Waals surface area contributed by atoms with Crippen molar-refractivity contribution >= 4 is 0 Å². The van der Waals surface area contributed by atoms with Crippen molar-refractivity contribution in [3.63, 3.8) is 0 Å². The maximum atomic E-state index is 5.51. The van der Waals surface area contributed by atoms with Crippen LogP contribution in [0.1, 0.15) is 77.4 Å². The van der Waals surface area contributed by atoms with Crippen LogP contribution in [0.2, 0.25) is 0 Å². The van der Waals surface area contributed by atoms with E-state index in [0.717, 1.165) is 24.1 Å². The van der Waals surface area contributed by atoms with E-state index in [1.165, 1.54) is 32.1 Å². The Kier molecular flexibility index (Phi) is 5.42. The Labute approximate surface area is 129 Å². The molecule has 0 radical (unpaired) electrons. The molecule has 3 atom stereocenters. The van der Waals surface area contributed by atoms with Crippen LogP contribution in [0.3, 0.4) is 0 Å². The van der Waals surface area contributed by atoms with E-state index in [9.17, 15) is 0 Å². The summed E-state index contributed by atoms with van der Waals surface area (Å²) in [6, 6.07) is 0.348. The lowest BCUT2D eigenvalue weighted by Gasteiger charge is -2.29. The van der Waals surface area contributed by atoms with Crippen LogP contribution in [0.4, 0.5) is 0 Å². The van der Waals surface area contributed by atoms with Crippen molar-refractivity contribution in [3.05, 3.63) is 11.7 Å². The number of rotatable bonds is 5. The van der Waals surface area contributed by atoms with Crippen molar-refractivity contribution in [1.82, 2.24) is 15.5 Å². The minimum atomic E-state index is 0.182. The third-order valence-corrected chi connectivity index (χ3v) is 4.98. The molecular weight excluding hydrogens is 262 g/mol. The average molecular weight is 293 g/mol. The highest BCUT2D eigenvalue weighted by Gasteiger charge is 2.28. The van der Waals surface area contributed by atoms with Gasteiger partial charge in [-0.2, -0.15) is 4.98 Å². The summed E-state index contributed by atoms with van der Waals surface area (Å²) in [5, 5.41) is 7.63. The Morgan fingerprint density at radius 3 is 2.71 bits per heavy atom. The van der Waals surface area contributed by atoms with Crippen LogP contribution in [0.5, 0.6) is 0 Å². The van der Waals surface area contributed by atoms with Crippen LogP contribution < -0.4 is 5.32 Å². The molecule has 0 bridgehead atoms. The number of likely N-dealkylation sites (N-methyl/N-ethyl adjacent to an activating group) is 1. The molecule has 3 unspecified atom stereocenters. The summed E-state index contributed by atoms with van der Waals surface area (Å²) in [5.74, 6) is 3.05. The highest BCUT2D eigenvalue weighted by atomic mass is 16.5. The van der Waals surface area contributed by atoms with Crippen molar-refractivity contribution in [2.45, 2.75) is 78.2 Å². The van der Waals surface area contributed by atoms with E-state index in [2.05, 4.69) is 43.2 Å². The highest BCUT2D eigenvalue weighted by Crippen LogP contribution is 2.36. The summed E-state index contributed by atoms with van der Waals surface area (Å²) >= 11 is 0. The van der Waals surface area contributed by atoms with Crippen LogP contribution in [0.15, 0.2) is 4.52 Å². The molecule has 0 saturated heterocycles. The molecule has 4 nitrogen and oxygen atoms in total. The van der Waals surface area contributed by atoms with Crippen molar-refractivity contribution < 1.29 is 4.52 Å². The zero-order chi connectivity index (χ0) is 15.5. The summed E-state index contributed by atoms with van der Waals surface area (Å²) in [7, 11) is 2.00. The molecule has 1 aromatic rings. The zero-order valence-corrected chi connectivity index (χ0v) is 14.3. The van der Waals surface area contributed by atoms with Gasteiger partial charge < -0.3 is 9.84 Å². The number of nitrogens with zero attached hydrogens (tertiary/aromatic N) is 2. The predicted octanol–water partition coefficient (Wildman–Crippen LogP) is 3.93. The summed E-state index contributed by atoms with van der Waals surface area (Å²) in [6.07, 6.45) is 7.18. The van der Waals surface area contributed by atoms with Crippen molar-refractivity contribution in [2.75, 3.05) is 7.05 Å². The first-order valence-corrected chi connectivity index (χ1v) is 8.43. The fraction of sp³-hybridized carbons (Fsp3) is 0.882. The van der Waals surface area contributed by atoms with Gasteiger partial charge in [0, 0.05) is 18.4 Å². The van der Waals surface area contributed by atoms with Crippen LogP contribution in [0.25, 0.3) is 0 Å². The molecule has 1 saturated carbocycles. The van der Waals surface area contributed by atoms with Crippen molar-refractivity contribution in [1.29, 1.82) is 0 Å². The van der Waals surface area contributed by atoms with Crippen molar-refractivity contribution in [3.8, 4) is 0 Å². The Bertz CT molecular complexity index is 435. The third-order valence-electron chi connectivity index (χ3n) is 4.98. The molecule has 1 aliphatic rings. The van der Waals surface area contributed by atoms with Gasteiger partial charge in [-0.3, -0.25) is 0 Å². The first-order chi connectivity index (χ1) is 9.94. The van der Waals surface area contributed by atoms with Crippen LogP contribution in [-0.2, 0) is 6.42 Å². The summed E-state index contributed by atoms with van der Waals surface area (Å²) in [5.41, 5.74) is 0.182. The van der Waals surface area contributed by atoms with E-state index in [1.54, 1.807) is 0 Å². The third kappa shape index (κ3) is 4.29. The number of hydrogen-bond acceptors (Lipinski definition) is 4. The van der Waals surface area contributed by atoms with Crippen LogP contribution in [-0.4, -0.2) is 23.2 Å². The average Bonchev–Trinajstić information content (AvgIpc) is 2.92. The molecule has 0 aromatic carbocycles. The lowest BCUT2D eigenvalue weighted by atomic mass is 9.80. The molecule has 1 fully saturated rings. The second-order valence-corrected chi connectivity index (χ2v) is 7.60. The minimum absolute atomic E-state index is 0.182. The fourth-order valence-corrected chi connectivity index (χ4v) is 3.43. The van der Waals surface area contributed by atoms with Gasteiger partial charge in [-0.05, 0) is 31.2 Å². The summed E-state index contributed by atoms with van der Waals surface area (Å²) in [6.45, 7) is 8.99. The normalized spacial score (nSPS) is 25.0. The summed E-state index contributed by atoms with van der Waals surface area (Å²) < 4.78 is 5.51. The first kappa shape index (κ1) is 16.5. The molecule has 0 spiro atoms. The predicted molar refractivity (Wildman–Crippen MR) is 85.3 cm³/mol. The lowest BCUT2D eigenvalue weighted by Crippen LogP contribution is -2.39. The van der Waals surface area contributed by atoms with E-state index in [4.69, 9.17) is 4.52 Å². The van der Waals surface area contributed by atoms with Gasteiger partial charge in [0.25, 0.3) is 0 Å². The van der Waals surface area contributed by atoms with Crippen molar-refractivity contribution in [2.24, 2.45) is 11.3 Å². The van der Waals surface area contributed by atoms with E-state index in [-0.39, 0.29) is 5.41 Å². The summed E-state index contributed by atoms with van der Waals surface area (Å²) in [4.78, 5) is 4.69. The molecule has 1 N–H and O–H groups in total. The Morgan fingerprint density at radius 2 is 2.10 bits per heavy atom. The maximum Gasteiger partial charge on any atom is 0.228 e. The first-order valence-electron chi connectivity index (χ1n) is 8.43. The molecule has 21 heavy (non-hydrogen) atoms. The van der Waals surface area contributed by atoms with Crippen LogP contribution >= 0.6 is 0 Å². The zero-order valence-electron chi connectivity index (χ0n) is 14.3. The largest absolute Gasteiger partial charge is 0.339 e. The van der Waals surface area contributed by atoms with E-state index in [1.807, 2.05) is 7.05 Å². The standard InChI is InChI=1S/C17H31N3O/c1-6-12-8-7-9-13(10-12)16-19-15(21-20-16)11-14(18-5)17(2,3)4/h12-14,18H,6-11H2,1-5H3. The van der Waals surface area contributed by atoms with E-state index in [0.29, 0.717) is 12.0 Å². The molecule has 1 aromatic heterocycles. The van der Waals surface area contributed by atoms with Gasteiger partial charge in [0.1, 0.15) is 0 Å². The number of aromatic nitrogens is 2. The molecule has 2 rings (SSSR count). The van der Waals surface area contributed by atoms with Gasteiger partial charge in [-0.1, -0.05) is 52.1 Å². The Hall–Kier alpha value is -0.900. The highest BCUT2D eigenvalue weighted by molar-refractivity contribution is 5.00. The number of hydrogen-bond donors (Lipinski definition) is 1. The van der Waals surface area contributed by atoms with E-state index >= 15 is 0 Å². The minimum Gasteiger partial charge on any atom is -0.339 e. The van der Waals surface area contributed by atoms with Gasteiger partial charge in [-0.25, -0.2) is 0 Å². The fourth-order valence-electron chi connectivity index (χ4n) is 3.43. The lowest BCUT2D eigenvalue weighted by molar-refractivity contribution is 0.254. The van der Waals surface area contributed by atoms with Gasteiger partial charge >= 0.3 is 0 Å². The van der Waals surface area contributed by atoms with Gasteiger partial charge in [0.05, 0.1) is 0 Å². The van der Waals surface area contributed by atoms with Gasteiger partial charge in [0.2, 0.25) is 5.89 Å². The topological polar surface area (TPSA) is 51.0 Å². The second kappa shape index (κ2) is 6.91. The molecule has 0 aliphatic heterocycles. The molecule has 0 amide bonds. The monoisotopic (exact) mass is 293 g/mol. The Morgan fingerprint density at radius 1 is 1.33 bits per heavy atom. The molecular formula is C17H31N3O. The van der Waals surface area contributed by atoms with E-state index < -0.39 is 0 Å². The molecule has 120 valence electrons. The second-order valence-electron chi connectivity index (χ2n) is 7.60. The molecule has 1 heterocycles. The Balaban J connectivity index is 2.01. The van der Waals surface area contributed by atoms with Crippen LogP contribution in [0, 0.1) is 11.3 Å². The van der Waals surface area contributed by atoms with Gasteiger partial charge in [-0.15, -0.1) is 0 Å². The number of nitrogens with one attached hydrogen (secondary N) is 1.